The lowest BCUT2D eigenvalue weighted by molar-refractivity contribution is -0.146. The van der Waals surface area contributed by atoms with Gasteiger partial charge in [-0.25, -0.2) is 0 Å². The lowest BCUT2D eigenvalue weighted by atomic mass is 10.0. The molecule has 0 bridgehead atoms. The first-order valence-corrected chi connectivity index (χ1v) is 8.03. The SMILES string of the molecule is CCN(CC(C)C(=O)OC)C(=O)/C=C/c1ccc(C(C)C)cc1. The van der Waals surface area contributed by atoms with Gasteiger partial charge in [-0.3, -0.25) is 9.59 Å². The highest BCUT2D eigenvalue weighted by atomic mass is 16.5. The Kier molecular flexibility index (Phi) is 7.52. The molecule has 0 heterocycles. The monoisotopic (exact) mass is 317 g/mol. The smallest absolute Gasteiger partial charge is 0.310 e. The van der Waals surface area contributed by atoms with Crippen molar-refractivity contribution in [3.05, 3.63) is 41.5 Å². The van der Waals surface area contributed by atoms with Crippen molar-refractivity contribution in [2.45, 2.75) is 33.6 Å². The van der Waals surface area contributed by atoms with Crippen molar-refractivity contribution in [3.8, 4) is 0 Å². The molecule has 0 aliphatic carbocycles. The summed E-state index contributed by atoms with van der Waals surface area (Å²) in [4.78, 5) is 25.4. The Bertz CT molecular complexity index is 546. The van der Waals surface area contributed by atoms with Gasteiger partial charge in [0, 0.05) is 19.2 Å². The van der Waals surface area contributed by atoms with Crippen molar-refractivity contribution in [1.82, 2.24) is 4.90 Å². The molecule has 0 aliphatic rings. The van der Waals surface area contributed by atoms with E-state index in [1.165, 1.54) is 12.7 Å². The molecule has 1 atom stereocenters. The molecule has 0 aliphatic heterocycles. The summed E-state index contributed by atoms with van der Waals surface area (Å²) in [6.07, 6.45) is 3.36. The van der Waals surface area contributed by atoms with Crippen LogP contribution in [0.15, 0.2) is 30.3 Å². The van der Waals surface area contributed by atoms with Crippen LogP contribution in [0.1, 0.15) is 44.7 Å². The Hall–Kier alpha value is -2.10. The average Bonchev–Trinajstić information content (AvgIpc) is 2.56. The van der Waals surface area contributed by atoms with Crippen LogP contribution in [0.4, 0.5) is 0 Å². The second-order valence-electron chi connectivity index (χ2n) is 5.96. The van der Waals surface area contributed by atoms with Gasteiger partial charge in [-0.1, -0.05) is 45.0 Å². The van der Waals surface area contributed by atoms with Crippen LogP contribution in [0.2, 0.25) is 0 Å². The number of amides is 1. The summed E-state index contributed by atoms with van der Waals surface area (Å²) in [6, 6.07) is 8.16. The molecule has 0 radical (unpaired) electrons. The highest BCUT2D eigenvalue weighted by Crippen LogP contribution is 2.15. The number of carbonyl (C=O) groups excluding carboxylic acids is 2. The molecule has 126 valence electrons. The van der Waals surface area contributed by atoms with E-state index < -0.39 is 0 Å². The molecule has 0 saturated carbocycles. The fourth-order valence-corrected chi connectivity index (χ4v) is 2.25. The Morgan fingerprint density at radius 1 is 1.17 bits per heavy atom. The molecule has 1 unspecified atom stereocenters. The number of ether oxygens (including phenoxy) is 1. The molecule has 0 fully saturated rings. The zero-order chi connectivity index (χ0) is 17.4. The minimum Gasteiger partial charge on any atom is -0.469 e. The molecule has 0 N–H and O–H groups in total. The van der Waals surface area contributed by atoms with Gasteiger partial charge < -0.3 is 9.64 Å². The maximum absolute atomic E-state index is 12.3. The van der Waals surface area contributed by atoms with Gasteiger partial charge in [-0.15, -0.1) is 0 Å². The Balaban J connectivity index is 2.69. The van der Waals surface area contributed by atoms with Gasteiger partial charge >= 0.3 is 5.97 Å². The molecule has 23 heavy (non-hydrogen) atoms. The summed E-state index contributed by atoms with van der Waals surface area (Å²) >= 11 is 0. The van der Waals surface area contributed by atoms with Gasteiger partial charge in [0.1, 0.15) is 0 Å². The molecule has 1 rings (SSSR count). The standard InChI is InChI=1S/C19H27NO3/c1-6-20(13-15(4)19(22)23-5)18(21)12-9-16-7-10-17(11-8-16)14(2)3/h7-12,14-15H,6,13H2,1-5H3/b12-9+. The number of likely N-dealkylation sites (N-methyl/N-ethyl adjacent to an activating group) is 1. The van der Waals surface area contributed by atoms with Crippen LogP contribution in [-0.4, -0.2) is 37.0 Å². The van der Waals surface area contributed by atoms with Gasteiger partial charge in [-0.2, -0.15) is 0 Å². The van der Waals surface area contributed by atoms with Crippen molar-refractivity contribution >= 4 is 18.0 Å². The van der Waals surface area contributed by atoms with E-state index in [4.69, 9.17) is 4.74 Å². The number of esters is 1. The molecule has 1 aromatic carbocycles. The number of hydrogen-bond donors (Lipinski definition) is 0. The molecule has 4 nitrogen and oxygen atoms in total. The van der Waals surface area contributed by atoms with Crippen LogP contribution in [0.3, 0.4) is 0 Å². The summed E-state index contributed by atoms with van der Waals surface area (Å²) < 4.78 is 4.70. The van der Waals surface area contributed by atoms with Crippen molar-refractivity contribution in [2.75, 3.05) is 20.2 Å². The van der Waals surface area contributed by atoms with Crippen LogP contribution in [0.25, 0.3) is 6.08 Å². The quantitative estimate of drug-likeness (QED) is 0.571. The highest BCUT2D eigenvalue weighted by molar-refractivity contribution is 5.92. The number of hydrogen-bond acceptors (Lipinski definition) is 3. The van der Waals surface area contributed by atoms with E-state index in [2.05, 4.69) is 26.0 Å². The van der Waals surface area contributed by atoms with Crippen LogP contribution in [-0.2, 0) is 14.3 Å². The van der Waals surface area contributed by atoms with Crippen LogP contribution >= 0.6 is 0 Å². The van der Waals surface area contributed by atoms with E-state index in [-0.39, 0.29) is 17.8 Å². The lowest BCUT2D eigenvalue weighted by Crippen LogP contribution is -2.36. The fourth-order valence-electron chi connectivity index (χ4n) is 2.25. The number of nitrogens with zero attached hydrogens (tertiary/aromatic N) is 1. The average molecular weight is 317 g/mol. The van der Waals surface area contributed by atoms with Gasteiger partial charge in [0.25, 0.3) is 0 Å². The third-order valence-electron chi connectivity index (χ3n) is 3.81. The van der Waals surface area contributed by atoms with Crippen molar-refractivity contribution in [2.24, 2.45) is 5.92 Å². The predicted octanol–water partition coefficient (Wildman–Crippen LogP) is 3.48. The molecule has 4 heteroatoms. The van der Waals surface area contributed by atoms with E-state index in [0.717, 1.165) is 5.56 Å². The summed E-state index contributed by atoms with van der Waals surface area (Å²) in [5.41, 5.74) is 2.26. The predicted molar refractivity (Wildman–Crippen MR) is 93.0 cm³/mol. The molecule has 1 amide bonds. The summed E-state index contributed by atoms with van der Waals surface area (Å²) in [7, 11) is 1.36. The van der Waals surface area contributed by atoms with E-state index in [1.807, 2.05) is 19.1 Å². The maximum atomic E-state index is 12.3. The van der Waals surface area contributed by atoms with E-state index >= 15 is 0 Å². The van der Waals surface area contributed by atoms with Gasteiger partial charge in [0.2, 0.25) is 5.91 Å². The third-order valence-corrected chi connectivity index (χ3v) is 3.81. The van der Waals surface area contributed by atoms with Gasteiger partial charge in [0.05, 0.1) is 13.0 Å². The van der Waals surface area contributed by atoms with Gasteiger partial charge in [-0.05, 0) is 30.0 Å². The van der Waals surface area contributed by atoms with Crippen molar-refractivity contribution < 1.29 is 14.3 Å². The number of carbonyl (C=O) groups is 2. The van der Waals surface area contributed by atoms with E-state index in [1.54, 1.807) is 24.0 Å². The minimum absolute atomic E-state index is 0.101. The molecule has 0 aromatic heterocycles. The Morgan fingerprint density at radius 2 is 1.78 bits per heavy atom. The molecular weight excluding hydrogens is 290 g/mol. The van der Waals surface area contributed by atoms with Gasteiger partial charge in [0.15, 0.2) is 0 Å². The third kappa shape index (κ3) is 5.89. The van der Waals surface area contributed by atoms with Crippen molar-refractivity contribution in [3.63, 3.8) is 0 Å². The van der Waals surface area contributed by atoms with E-state index in [0.29, 0.717) is 19.0 Å². The molecule has 0 saturated heterocycles. The normalized spacial score (nSPS) is 12.4. The largest absolute Gasteiger partial charge is 0.469 e. The first kappa shape index (κ1) is 18.9. The van der Waals surface area contributed by atoms with Crippen LogP contribution in [0, 0.1) is 5.92 Å². The minimum atomic E-state index is -0.331. The fraction of sp³-hybridized carbons (Fsp3) is 0.474. The number of benzene rings is 1. The van der Waals surface area contributed by atoms with E-state index in [9.17, 15) is 9.59 Å². The second kappa shape index (κ2) is 9.13. The molecular formula is C19H27NO3. The maximum Gasteiger partial charge on any atom is 0.310 e. The summed E-state index contributed by atoms with van der Waals surface area (Å²) in [6.45, 7) is 8.87. The zero-order valence-electron chi connectivity index (χ0n) is 14.7. The lowest BCUT2D eigenvalue weighted by Gasteiger charge is -2.22. The zero-order valence-corrected chi connectivity index (χ0v) is 14.7. The molecule has 0 spiro atoms. The number of methoxy groups -OCH3 is 1. The Labute approximate surface area is 139 Å². The van der Waals surface area contributed by atoms with Crippen LogP contribution in [0.5, 0.6) is 0 Å². The number of rotatable bonds is 7. The summed E-state index contributed by atoms with van der Waals surface area (Å²) in [5.74, 6) is -0.242. The topological polar surface area (TPSA) is 46.6 Å². The summed E-state index contributed by atoms with van der Waals surface area (Å²) in [5, 5.41) is 0. The van der Waals surface area contributed by atoms with Crippen LogP contribution < -0.4 is 0 Å². The second-order valence-corrected chi connectivity index (χ2v) is 5.96. The molecule has 1 aromatic rings. The highest BCUT2D eigenvalue weighted by Gasteiger charge is 2.18. The first-order valence-electron chi connectivity index (χ1n) is 8.03. The Morgan fingerprint density at radius 3 is 2.26 bits per heavy atom. The van der Waals surface area contributed by atoms with Crippen molar-refractivity contribution in [1.29, 1.82) is 0 Å². The first-order chi connectivity index (χ1) is 10.9.